The predicted molar refractivity (Wildman–Crippen MR) is 76.4 cm³/mol. The molecule has 0 aromatic heterocycles. The topological polar surface area (TPSA) is 26.3 Å². The van der Waals surface area contributed by atoms with Gasteiger partial charge in [0, 0.05) is 6.42 Å². The smallest absolute Gasteiger partial charge is 0.461 e. The summed E-state index contributed by atoms with van der Waals surface area (Å²) in [6.45, 7) is -4.32. The summed E-state index contributed by atoms with van der Waals surface area (Å²) in [7, 11) is 3.04. The molecule has 7 heteroatoms. The van der Waals surface area contributed by atoms with Gasteiger partial charge in [0.2, 0.25) is 0 Å². The van der Waals surface area contributed by atoms with Crippen LogP contribution in [0.5, 0.6) is 0 Å². The fourth-order valence-corrected chi connectivity index (χ4v) is 2.11. The Hall–Kier alpha value is -1.50. The third-order valence-corrected chi connectivity index (χ3v) is 3.09. The summed E-state index contributed by atoms with van der Waals surface area (Å²) < 4.78 is 42.1. The zero-order valence-electron chi connectivity index (χ0n) is 12.4. The quantitative estimate of drug-likeness (QED) is 0.419. The van der Waals surface area contributed by atoms with Gasteiger partial charge >= 0.3 is 12.9 Å². The molecule has 0 amide bonds. The highest BCUT2D eigenvalue weighted by molar-refractivity contribution is 6.58. The molecule has 0 saturated heterocycles. The lowest BCUT2D eigenvalue weighted by Crippen LogP contribution is -2.49. The predicted octanol–water partition coefficient (Wildman–Crippen LogP) is 2.97. The van der Waals surface area contributed by atoms with Crippen molar-refractivity contribution in [3.63, 3.8) is 0 Å². The van der Waals surface area contributed by atoms with Crippen molar-refractivity contribution in [2.75, 3.05) is 27.1 Å². The first-order valence-corrected chi connectivity index (χ1v) is 6.90. The molecule has 3 nitrogen and oxygen atoms in total. The number of halogens is 3. The van der Waals surface area contributed by atoms with Crippen molar-refractivity contribution in [2.24, 2.45) is 0 Å². The Balaban J connectivity index is 2.24. The minimum Gasteiger partial charge on any atom is -0.461 e. The Morgan fingerprint density at radius 3 is 2.38 bits per heavy atom. The number of hydrogen-bond donors (Lipinski definition) is 0. The molecule has 1 aromatic rings. The van der Waals surface area contributed by atoms with Crippen LogP contribution in [0, 0.1) is 0 Å². The lowest BCUT2D eigenvalue weighted by atomic mass is 9.90. The Morgan fingerprint density at radius 2 is 1.81 bits per heavy atom. The Kier molecular flexibility index (Phi) is 6.27. The summed E-state index contributed by atoms with van der Waals surface area (Å²) in [5.74, 6) is -0.378. The van der Waals surface area contributed by atoms with Crippen LogP contribution in [0.2, 0.25) is 0 Å². The van der Waals surface area contributed by atoms with Gasteiger partial charge in [-0.2, -0.15) is 0 Å². The second kappa shape index (κ2) is 7.50. The van der Waals surface area contributed by atoms with E-state index in [0.717, 1.165) is 5.56 Å². The van der Waals surface area contributed by atoms with Crippen molar-refractivity contribution < 1.29 is 27.0 Å². The number of carbonyl (C=O) groups excluding carboxylic acids is 1. The fraction of sp³-hybridized carbons (Fsp3) is 0.500. The lowest BCUT2D eigenvalue weighted by Gasteiger charge is -2.34. The van der Waals surface area contributed by atoms with Gasteiger partial charge in [-0.1, -0.05) is 30.3 Å². The summed E-state index contributed by atoms with van der Waals surface area (Å²) in [6, 6.07) is 9.26. The maximum atomic E-state index is 12.4. The van der Waals surface area contributed by atoms with Crippen molar-refractivity contribution in [3.8, 4) is 0 Å². The molecular formula is C14H21BF3NO2. The average molecular weight is 303 g/mol. The van der Waals surface area contributed by atoms with Gasteiger partial charge in [-0.05, 0) is 5.56 Å². The lowest BCUT2D eigenvalue weighted by molar-refractivity contribution is -0.882. The van der Waals surface area contributed by atoms with E-state index in [0.29, 0.717) is 13.0 Å². The van der Waals surface area contributed by atoms with Gasteiger partial charge < -0.3 is 22.2 Å². The number of esters is 1. The first-order chi connectivity index (χ1) is 9.68. The van der Waals surface area contributed by atoms with Crippen molar-refractivity contribution in [3.05, 3.63) is 35.9 Å². The molecule has 0 unspecified atom stereocenters. The van der Waals surface area contributed by atoms with E-state index in [4.69, 9.17) is 4.74 Å². The molecule has 0 atom stereocenters. The van der Waals surface area contributed by atoms with Crippen LogP contribution < -0.4 is 0 Å². The van der Waals surface area contributed by atoms with Gasteiger partial charge in [-0.25, -0.2) is 0 Å². The highest BCUT2D eigenvalue weighted by Crippen LogP contribution is 2.15. The van der Waals surface area contributed by atoms with Crippen molar-refractivity contribution in [2.45, 2.75) is 19.4 Å². The van der Waals surface area contributed by atoms with E-state index in [9.17, 15) is 17.7 Å². The number of hydrogen-bond acceptors (Lipinski definition) is 2. The summed E-state index contributed by atoms with van der Waals surface area (Å²) in [4.78, 5) is 11.5. The molecule has 0 bridgehead atoms. The molecule has 0 N–H and O–H groups in total. The molecule has 1 rings (SSSR count). The molecule has 0 spiro atoms. The Morgan fingerprint density at radius 1 is 1.19 bits per heavy atom. The Labute approximate surface area is 123 Å². The van der Waals surface area contributed by atoms with Gasteiger partial charge in [0.25, 0.3) is 0 Å². The van der Waals surface area contributed by atoms with Gasteiger partial charge in [0.05, 0.1) is 33.5 Å². The van der Waals surface area contributed by atoms with Crippen LogP contribution in [0.4, 0.5) is 12.9 Å². The highest BCUT2D eigenvalue weighted by Gasteiger charge is 2.33. The number of rotatable bonds is 8. The number of benzene rings is 1. The van der Waals surface area contributed by atoms with E-state index in [-0.39, 0.29) is 23.5 Å². The molecule has 0 aliphatic rings. The summed E-state index contributed by atoms with van der Waals surface area (Å²) in [5.41, 5.74) is 0.890. The van der Waals surface area contributed by atoms with Crippen LogP contribution in [0.1, 0.15) is 18.4 Å². The first-order valence-electron chi connectivity index (χ1n) is 6.90. The summed E-state index contributed by atoms with van der Waals surface area (Å²) in [5, 5.41) is 0. The van der Waals surface area contributed by atoms with Crippen LogP contribution in [0.3, 0.4) is 0 Å². The van der Waals surface area contributed by atoms with Gasteiger partial charge in [0.1, 0.15) is 6.61 Å². The minimum absolute atomic E-state index is 0.138. The van der Waals surface area contributed by atoms with E-state index in [2.05, 4.69) is 0 Å². The highest BCUT2D eigenvalue weighted by atomic mass is 19.4. The molecule has 21 heavy (non-hydrogen) atoms. The van der Waals surface area contributed by atoms with E-state index in [1.54, 1.807) is 0 Å². The zero-order valence-corrected chi connectivity index (χ0v) is 12.4. The molecule has 0 aliphatic heterocycles. The second-order valence-electron chi connectivity index (χ2n) is 5.80. The van der Waals surface area contributed by atoms with E-state index < -0.39 is 13.4 Å². The number of ether oxygens (including phenoxy) is 1. The molecule has 0 aliphatic carbocycles. The monoisotopic (exact) mass is 303 g/mol. The van der Waals surface area contributed by atoms with Crippen molar-refractivity contribution in [1.82, 2.24) is 0 Å². The third kappa shape index (κ3) is 8.39. The summed E-state index contributed by atoms with van der Waals surface area (Å²) in [6.07, 6.45) is -0.314. The third-order valence-electron chi connectivity index (χ3n) is 3.09. The molecule has 0 radical (unpaired) electrons. The molecular weight excluding hydrogens is 282 g/mol. The molecule has 0 heterocycles. The van der Waals surface area contributed by atoms with E-state index >= 15 is 0 Å². The maximum absolute atomic E-state index is 12.4. The largest absolute Gasteiger partial charge is 0.531 e. The minimum atomic E-state index is -4.82. The van der Waals surface area contributed by atoms with Crippen molar-refractivity contribution in [1.29, 1.82) is 0 Å². The van der Waals surface area contributed by atoms with E-state index in [1.165, 1.54) is 14.1 Å². The maximum Gasteiger partial charge on any atom is 0.531 e. The van der Waals surface area contributed by atoms with Gasteiger partial charge in [-0.3, -0.25) is 4.79 Å². The fourth-order valence-electron chi connectivity index (χ4n) is 2.11. The van der Waals surface area contributed by atoms with Crippen LogP contribution in [-0.2, 0) is 16.1 Å². The molecule has 0 saturated carbocycles. The SMILES string of the molecule is C[N+](C)(CCCC(=O)OCc1ccccc1)C[B-](F)(F)F. The standard InChI is InChI=1S/C14H21BF3NO2/c1-19(2,12-15(16,17)18)10-6-9-14(20)21-11-13-7-4-3-5-8-13/h3-5,7-8H,6,9-12H2,1-2H3. The first kappa shape index (κ1) is 17.6. The van der Waals surface area contributed by atoms with Crippen LogP contribution in [0.15, 0.2) is 30.3 Å². The normalized spacial score (nSPS) is 12.2. The van der Waals surface area contributed by atoms with Crippen molar-refractivity contribution >= 4 is 12.9 Å². The average Bonchev–Trinajstić information content (AvgIpc) is 2.34. The molecule has 0 fully saturated rings. The molecule has 118 valence electrons. The van der Waals surface area contributed by atoms with Crippen LogP contribution >= 0.6 is 0 Å². The summed E-state index contributed by atoms with van der Waals surface area (Å²) >= 11 is 0. The number of quaternary nitrogens is 1. The van der Waals surface area contributed by atoms with Gasteiger partial charge in [0.15, 0.2) is 0 Å². The van der Waals surface area contributed by atoms with Crippen LogP contribution in [0.25, 0.3) is 0 Å². The number of nitrogens with zero attached hydrogens (tertiary/aromatic N) is 1. The second-order valence-corrected chi connectivity index (χ2v) is 5.80. The van der Waals surface area contributed by atoms with Gasteiger partial charge in [-0.15, -0.1) is 0 Å². The Bertz CT molecular complexity index is 449. The zero-order chi connectivity index (χ0) is 15.9. The van der Waals surface area contributed by atoms with Crippen LogP contribution in [-0.4, -0.2) is 44.5 Å². The van der Waals surface area contributed by atoms with E-state index in [1.807, 2.05) is 30.3 Å². The number of carbonyl (C=O) groups is 1. The molecule has 1 aromatic carbocycles.